The second-order valence-corrected chi connectivity index (χ2v) is 5.01. The third-order valence-electron chi connectivity index (χ3n) is 4.44. The first-order chi connectivity index (χ1) is 5.77. The van der Waals surface area contributed by atoms with Crippen molar-refractivity contribution in [3.05, 3.63) is 12.2 Å². The molecule has 0 heterocycles. The fourth-order valence-electron chi connectivity index (χ4n) is 3.62. The van der Waals surface area contributed by atoms with Crippen LogP contribution in [0.1, 0.15) is 38.5 Å². The molecule has 0 aliphatic heterocycles. The molecule has 3 rings (SSSR count). The SMILES string of the molecule is OC1CCC23CC=CCC2(C1)C3. The maximum Gasteiger partial charge on any atom is 0.0546 e. The average Bonchev–Trinajstić information content (AvgIpc) is 2.72. The molecule has 0 aromatic carbocycles. The van der Waals surface area contributed by atoms with Gasteiger partial charge in [-0.2, -0.15) is 0 Å². The van der Waals surface area contributed by atoms with E-state index in [2.05, 4.69) is 12.2 Å². The Hall–Kier alpha value is -0.300. The van der Waals surface area contributed by atoms with Crippen molar-refractivity contribution in [1.82, 2.24) is 0 Å². The molecule has 2 fully saturated rings. The van der Waals surface area contributed by atoms with E-state index in [4.69, 9.17) is 0 Å². The summed E-state index contributed by atoms with van der Waals surface area (Å²) in [5, 5.41) is 9.61. The lowest BCUT2D eigenvalue weighted by Crippen LogP contribution is -2.28. The Balaban J connectivity index is 1.91. The van der Waals surface area contributed by atoms with Gasteiger partial charge in [0.25, 0.3) is 0 Å². The van der Waals surface area contributed by atoms with Crippen molar-refractivity contribution in [2.75, 3.05) is 0 Å². The van der Waals surface area contributed by atoms with Crippen molar-refractivity contribution < 1.29 is 5.11 Å². The molecule has 3 aliphatic rings. The van der Waals surface area contributed by atoms with Gasteiger partial charge in [0.15, 0.2) is 0 Å². The highest BCUT2D eigenvalue weighted by molar-refractivity contribution is 5.24. The Morgan fingerprint density at radius 2 is 1.92 bits per heavy atom. The Morgan fingerprint density at radius 1 is 1.17 bits per heavy atom. The van der Waals surface area contributed by atoms with Crippen molar-refractivity contribution in [3.8, 4) is 0 Å². The molecule has 2 saturated carbocycles. The van der Waals surface area contributed by atoms with Crippen LogP contribution >= 0.6 is 0 Å². The van der Waals surface area contributed by atoms with E-state index in [0.717, 1.165) is 12.8 Å². The van der Waals surface area contributed by atoms with Crippen LogP contribution in [0.2, 0.25) is 0 Å². The van der Waals surface area contributed by atoms with Crippen LogP contribution in [0.5, 0.6) is 0 Å². The molecule has 0 aromatic rings. The highest BCUT2D eigenvalue weighted by atomic mass is 16.3. The number of aliphatic hydroxyl groups is 1. The van der Waals surface area contributed by atoms with Crippen molar-refractivity contribution in [2.45, 2.75) is 44.6 Å². The summed E-state index contributed by atoms with van der Waals surface area (Å²) in [5.74, 6) is 0. The molecule has 12 heavy (non-hydrogen) atoms. The molecule has 3 unspecified atom stereocenters. The predicted octanol–water partition coefficient (Wildman–Crippen LogP) is 2.26. The van der Waals surface area contributed by atoms with Gasteiger partial charge < -0.3 is 5.11 Å². The standard InChI is InChI=1S/C11H16O/c12-9-3-6-10-4-1-2-5-11(10,7-9)8-10/h1-2,9,12H,3-8H2. The minimum atomic E-state index is 0.00660. The highest BCUT2D eigenvalue weighted by Crippen LogP contribution is 2.76. The van der Waals surface area contributed by atoms with Crippen molar-refractivity contribution >= 4 is 0 Å². The molecule has 66 valence electrons. The maximum absolute atomic E-state index is 9.61. The summed E-state index contributed by atoms with van der Waals surface area (Å²) in [6.07, 6.45) is 12.0. The predicted molar refractivity (Wildman–Crippen MR) is 47.7 cm³/mol. The lowest BCUT2D eigenvalue weighted by Gasteiger charge is -2.34. The van der Waals surface area contributed by atoms with Crippen LogP contribution in [0.25, 0.3) is 0 Å². The Kier molecular flexibility index (Phi) is 1.16. The van der Waals surface area contributed by atoms with Gasteiger partial charge in [0.05, 0.1) is 6.10 Å². The fraction of sp³-hybridized carbons (Fsp3) is 0.818. The second kappa shape index (κ2) is 1.95. The number of rotatable bonds is 0. The van der Waals surface area contributed by atoms with E-state index in [9.17, 15) is 5.11 Å². The van der Waals surface area contributed by atoms with Crippen LogP contribution in [0.3, 0.4) is 0 Å². The lowest BCUT2D eigenvalue weighted by molar-refractivity contribution is 0.0673. The van der Waals surface area contributed by atoms with Gasteiger partial charge >= 0.3 is 0 Å². The summed E-state index contributed by atoms with van der Waals surface area (Å²) < 4.78 is 0. The maximum atomic E-state index is 9.61. The van der Waals surface area contributed by atoms with E-state index < -0.39 is 0 Å². The van der Waals surface area contributed by atoms with E-state index in [1.54, 1.807) is 0 Å². The average molecular weight is 164 g/mol. The van der Waals surface area contributed by atoms with Gasteiger partial charge in [0.2, 0.25) is 0 Å². The summed E-state index contributed by atoms with van der Waals surface area (Å²) >= 11 is 0. The third-order valence-corrected chi connectivity index (χ3v) is 4.44. The number of allylic oxidation sites excluding steroid dienone is 2. The molecule has 0 bridgehead atoms. The smallest absolute Gasteiger partial charge is 0.0546 e. The first-order valence-electron chi connectivity index (χ1n) is 5.10. The van der Waals surface area contributed by atoms with Crippen molar-refractivity contribution in [3.63, 3.8) is 0 Å². The number of hydrogen-bond donors (Lipinski definition) is 1. The van der Waals surface area contributed by atoms with Crippen LogP contribution in [-0.2, 0) is 0 Å². The van der Waals surface area contributed by atoms with Crippen LogP contribution in [0, 0.1) is 10.8 Å². The van der Waals surface area contributed by atoms with Gasteiger partial charge in [-0.15, -0.1) is 0 Å². The normalized spacial score (nSPS) is 55.9. The van der Waals surface area contributed by atoms with Crippen LogP contribution in [0.4, 0.5) is 0 Å². The van der Waals surface area contributed by atoms with Crippen molar-refractivity contribution in [2.24, 2.45) is 10.8 Å². The highest BCUT2D eigenvalue weighted by Gasteiger charge is 2.67. The van der Waals surface area contributed by atoms with Gasteiger partial charge in [-0.3, -0.25) is 0 Å². The van der Waals surface area contributed by atoms with Gasteiger partial charge in [-0.1, -0.05) is 12.2 Å². The molecule has 1 nitrogen and oxygen atoms in total. The van der Waals surface area contributed by atoms with Gasteiger partial charge in [-0.25, -0.2) is 0 Å². The van der Waals surface area contributed by atoms with Crippen LogP contribution in [0.15, 0.2) is 12.2 Å². The largest absolute Gasteiger partial charge is 0.393 e. The molecule has 0 spiro atoms. The lowest BCUT2D eigenvalue weighted by atomic mass is 9.72. The zero-order valence-corrected chi connectivity index (χ0v) is 7.42. The first kappa shape index (κ1) is 7.14. The van der Waals surface area contributed by atoms with E-state index in [0.29, 0.717) is 10.8 Å². The number of hydrogen-bond acceptors (Lipinski definition) is 1. The molecular weight excluding hydrogens is 148 g/mol. The van der Waals surface area contributed by atoms with Crippen LogP contribution < -0.4 is 0 Å². The fourth-order valence-corrected chi connectivity index (χ4v) is 3.62. The summed E-state index contributed by atoms with van der Waals surface area (Å²) in [7, 11) is 0. The Labute approximate surface area is 73.5 Å². The topological polar surface area (TPSA) is 20.2 Å². The van der Waals surface area contributed by atoms with Gasteiger partial charge in [0.1, 0.15) is 0 Å². The van der Waals surface area contributed by atoms with Crippen LogP contribution in [-0.4, -0.2) is 11.2 Å². The molecule has 0 saturated heterocycles. The zero-order valence-electron chi connectivity index (χ0n) is 7.42. The van der Waals surface area contributed by atoms with Crippen molar-refractivity contribution in [1.29, 1.82) is 0 Å². The molecule has 0 radical (unpaired) electrons. The molecule has 3 atom stereocenters. The summed E-state index contributed by atoms with van der Waals surface area (Å²) in [4.78, 5) is 0. The monoisotopic (exact) mass is 164 g/mol. The van der Waals surface area contributed by atoms with E-state index in [1.165, 1.54) is 25.7 Å². The minimum absolute atomic E-state index is 0.00660. The minimum Gasteiger partial charge on any atom is -0.393 e. The zero-order chi connectivity index (χ0) is 8.23. The summed E-state index contributed by atoms with van der Waals surface area (Å²) in [5.41, 5.74) is 1.21. The second-order valence-electron chi connectivity index (χ2n) is 5.01. The summed E-state index contributed by atoms with van der Waals surface area (Å²) in [6, 6.07) is 0. The van der Waals surface area contributed by atoms with Gasteiger partial charge in [0, 0.05) is 0 Å². The third kappa shape index (κ3) is 0.687. The molecule has 0 amide bonds. The summed E-state index contributed by atoms with van der Waals surface area (Å²) in [6.45, 7) is 0. The quantitative estimate of drug-likeness (QED) is 0.544. The van der Waals surface area contributed by atoms with E-state index in [-0.39, 0.29) is 6.10 Å². The molecule has 1 heteroatoms. The van der Waals surface area contributed by atoms with Gasteiger partial charge in [-0.05, 0) is 49.4 Å². The molecular formula is C11H16O. The molecule has 1 N–H and O–H groups in total. The Morgan fingerprint density at radius 3 is 2.75 bits per heavy atom. The number of aliphatic hydroxyl groups excluding tert-OH is 1. The first-order valence-corrected chi connectivity index (χ1v) is 5.10. The van der Waals surface area contributed by atoms with E-state index >= 15 is 0 Å². The molecule has 3 aliphatic carbocycles. The Bertz CT molecular complexity index is 245. The van der Waals surface area contributed by atoms with E-state index in [1.807, 2.05) is 0 Å². The molecule has 0 aromatic heterocycles.